The molecule has 45 heavy (non-hydrogen) atoms. The Morgan fingerprint density at radius 3 is 1.98 bits per heavy atom. The van der Waals surface area contributed by atoms with Crippen molar-refractivity contribution < 1.29 is 38.4 Å². The molecular formula is C34H47N3O8. The predicted molar refractivity (Wildman–Crippen MR) is 172 cm³/mol. The van der Waals surface area contributed by atoms with Crippen molar-refractivity contribution in [2.45, 2.75) is 38.6 Å². The molecule has 11 nitrogen and oxygen atoms in total. The fourth-order valence-electron chi connectivity index (χ4n) is 4.65. The fourth-order valence-corrected chi connectivity index (χ4v) is 4.65. The van der Waals surface area contributed by atoms with Gasteiger partial charge in [-0.1, -0.05) is 61.0 Å². The molecule has 0 aliphatic carbocycles. The van der Waals surface area contributed by atoms with Gasteiger partial charge in [0.15, 0.2) is 0 Å². The van der Waals surface area contributed by atoms with Crippen LogP contribution >= 0.6 is 0 Å². The second kappa shape index (κ2) is 22.0. The molecule has 0 saturated carbocycles. The molecule has 0 unspecified atom stereocenters. The normalized spacial score (nSPS) is 12.9. The van der Waals surface area contributed by atoms with Crippen LogP contribution in [0.15, 0.2) is 48.5 Å². The van der Waals surface area contributed by atoms with Crippen molar-refractivity contribution in [3.8, 4) is 0 Å². The Balaban J connectivity index is 1.15. The first-order valence-corrected chi connectivity index (χ1v) is 15.7. The smallest absolute Gasteiger partial charge is 0.245 e. The number of benzene rings is 2. The SMILES string of the molecule is O=C(CO)NCCOCCOCCOCCOCCC(=O)NCCCCCC(=O)N1Cc2ccccc2/C=C\c2ccccc21. The number of ether oxygens (including phenoxy) is 4. The van der Waals surface area contributed by atoms with Gasteiger partial charge in [-0.15, -0.1) is 0 Å². The molecule has 246 valence electrons. The number of rotatable bonds is 22. The van der Waals surface area contributed by atoms with Crippen molar-refractivity contribution in [2.75, 3.05) is 77.5 Å². The quantitative estimate of drug-likeness (QED) is 0.170. The summed E-state index contributed by atoms with van der Waals surface area (Å²) >= 11 is 0. The largest absolute Gasteiger partial charge is 0.387 e. The Morgan fingerprint density at radius 1 is 0.644 bits per heavy atom. The van der Waals surface area contributed by atoms with Crippen LogP contribution in [0, 0.1) is 0 Å². The summed E-state index contributed by atoms with van der Waals surface area (Å²) in [5, 5.41) is 14.0. The summed E-state index contributed by atoms with van der Waals surface area (Å²) in [7, 11) is 0. The van der Waals surface area contributed by atoms with Crippen LogP contribution in [0.2, 0.25) is 0 Å². The first-order valence-electron chi connectivity index (χ1n) is 15.7. The minimum Gasteiger partial charge on any atom is -0.387 e. The van der Waals surface area contributed by atoms with Gasteiger partial charge in [-0.3, -0.25) is 14.4 Å². The van der Waals surface area contributed by atoms with E-state index in [1.807, 2.05) is 41.3 Å². The van der Waals surface area contributed by atoms with Gasteiger partial charge in [0, 0.05) is 25.9 Å². The Kier molecular flexibility index (Phi) is 17.5. The van der Waals surface area contributed by atoms with Crippen molar-refractivity contribution in [1.29, 1.82) is 0 Å². The topological polar surface area (TPSA) is 136 Å². The molecule has 0 bridgehead atoms. The van der Waals surface area contributed by atoms with Crippen molar-refractivity contribution >= 4 is 35.6 Å². The number of hydrogen-bond donors (Lipinski definition) is 3. The molecule has 0 radical (unpaired) electrons. The molecule has 0 fully saturated rings. The summed E-state index contributed by atoms with van der Waals surface area (Å²) in [4.78, 5) is 38.1. The molecule has 0 spiro atoms. The standard InChI is InChI=1S/C34H47N3O8/c38-27-33(40)36-17-19-43-21-23-45-25-24-44-22-20-42-18-15-32(39)35-16-7-1-2-12-34(41)37-26-30-10-4-3-8-28(30)13-14-29-9-5-6-11-31(29)37/h3-6,8-11,13-14,38H,1-2,7,12,15-27H2,(H,35,39)(H,36,40)/b14-13-. The fraction of sp³-hybridized carbons (Fsp3) is 0.500. The lowest BCUT2D eigenvalue weighted by molar-refractivity contribution is -0.124. The molecule has 3 amide bonds. The Bertz CT molecular complexity index is 1210. The van der Waals surface area contributed by atoms with Crippen molar-refractivity contribution in [1.82, 2.24) is 10.6 Å². The van der Waals surface area contributed by atoms with Crippen molar-refractivity contribution in [2.24, 2.45) is 0 Å². The van der Waals surface area contributed by atoms with E-state index in [2.05, 4.69) is 34.9 Å². The summed E-state index contributed by atoms with van der Waals surface area (Å²) in [6.07, 6.45) is 7.36. The average molecular weight is 626 g/mol. The van der Waals surface area contributed by atoms with Crippen LogP contribution in [0.3, 0.4) is 0 Å². The van der Waals surface area contributed by atoms with E-state index in [0.29, 0.717) is 78.9 Å². The molecule has 11 heteroatoms. The average Bonchev–Trinajstić information content (AvgIpc) is 3.05. The number of aliphatic hydroxyl groups excluding tert-OH is 1. The third-order valence-electron chi connectivity index (χ3n) is 7.05. The molecule has 2 aromatic carbocycles. The van der Waals surface area contributed by atoms with Gasteiger partial charge in [0.2, 0.25) is 17.7 Å². The number of unbranched alkanes of at least 4 members (excludes halogenated alkanes) is 2. The van der Waals surface area contributed by atoms with Gasteiger partial charge in [0.1, 0.15) is 6.61 Å². The highest BCUT2D eigenvalue weighted by atomic mass is 16.6. The lowest BCUT2D eigenvalue weighted by Crippen LogP contribution is -2.31. The predicted octanol–water partition coefficient (Wildman–Crippen LogP) is 2.95. The van der Waals surface area contributed by atoms with Gasteiger partial charge in [-0.2, -0.15) is 0 Å². The van der Waals surface area contributed by atoms with E-state index in [0.717, 1.165) is 41.6 Å². The minimum absolute atomic E-state index is 0.0534. The number of anilines is 1. The lowest BCUT2D eigenvalue weighted by atomic mass is 10.0. The zero-order chi connectivity index (χ0) is 32.0. The van der Waals surface area contributed by atoms with E-state index in [-0.39, 0.29) is 18.2 Å². The van der Waals surface area contributed by atoms with E-state index in [9.17, 15) is 14.4 Å². The number of hydrogen-bond acceptors (Lipinski definition) is 8. The molecule has 1 heterocycles. The maximum Gasteiger partial charge on any atom is 0.245 e. The van der Waals surface area contributed by atoms with Gasteiger partial charge in [0.05, 0.1) is 65.1 Å². The van der Waals surface area contributed by atoms with E-state index < -0.39 is 12.5 Å². The van der Waals surface area contributed by atoms with Crippen LogP contribution < -0.4 is 15.5 Å². The number of para-hydroxylation sites is 1. The third kappa shape index (κ3) is 14.4. The van der Waals surface area contributed by atoms with E-state index in [1.165, 1.54) is 0 Å². The van der Waals surface area contributed by atoms with E-state index >= 15 is 0 Å². The van der Waals surface area contributed by atoms with Crippen LogP contribution in [-0.2, 0) is 39.9 Å². The Labute approximate surface area is 265 Å². The monoisotopic (exact) mass is 625 g/mol. The van der Waals surface area contributed by atoms with E-state index in [4.69, 9.17) is 24.1 Å². The van der Waals surface area contributed by atoms with Gasteiger partial charge in [0.25, 0.3) is 0 Å². The highest BCUT2D eigenvalue weighted by Gasteiger charge is 2.20. The summed E-state index contributed by atoms with van der Waals surface area (Å²) in [5.74, 6) is -0.374. The molecule has 3 rings (SSSR count). The van der Waals surface area contributed by atoms with Gasteiger partial charge >= 0.3 is 0 Å². The number of nitrogens with zero attached hydrogens (tertiary/aromatic N) is 1. The lowest BCUT2D eigenvalue weighted by Gasteiger charge is -2.27. The third-order valence-corrected chi connectivity index (χ3v) is 7.05. The zero-order valence-electron chi connectivity index (χ0n) is 26.0. The van der Waals surface area contributed by atoms with Crippen molar-refractivity contribution in [3.05, 3.63) is 65.2 Å². The molecule has 1 aliphatic heterocycles. The number of carbonyl (C=O) groups excluding carboxylic acids is 3. The molecule has 0 atom stereocenters. The van der Waals surface area contributed by atoms with Gasteiger partial charge in [-0.05, 0) is 35.6 Å². The minimum atomic E-state index is -0.526. The first-order chi connectivity index (χ1) is 22.1. The number of carbonyl (C=O) groups is 3. The highest BCUT2D eigenvalue weighted by Crippen LogP contribution is 2.29. The van der Waals surface area contributed by atoms with Crippen LogP contribution in [0.1, 0.15) is 48.8 Å². The van der Waals surface area contributed by atoms with Crippen LogP contribution in [0.4, 0.5) is 5.69 Å². The number of aliphatic hydroxyl groups is 1. The van der Waals surface area contributed by atoms with Gasteiger partial charge < -0.3 is 39.6 Å². The molecule has 3 N–H and O–H groups in total. The molecule has 0 aromatic heterocycles. The summed E-state index contributed by atoms with van der Waals surface area (Å²) in [6, 6.07) is 16.2. The Hall–Kier alpha value is -3.61. The second-order valence-electron chi connectivity index (χ2n) is 10.4. The van der Waals surface area contributed by atoms with Crippen LogP contribution in [-0.4, -0.2) is 95.4 Å². The summed E-state index contributed by atoms with van der Waals surface area (Å²) in [5.41, 5.74) is 4.22. The zero-order valence-corrected chi connectivity index (χ0v) is 26.0. The summed E-state index contributed by atoms with van der Waals surface area (Å²) in [6.45, 7) is 4.11. The molecule has 2 aromatic rings. The van der Waals surface area contributed by atoms with E-state index in [1.54, 1.807) is 0 Å². The maximum absolute atomic E-state index is 13.3. The van der Waals surface area contributed by atoms with Crippen molar-refractivity contribution in [3.63, 3.8) is 0 Å². The number of amides is 3. The number of nitrogens with one attached hydrogen (secondary N) is 2. The first kappa shape index (κ1) is 35.9. The summed E-state index contributed by atoms with van der Waals surface area (Å²) < 4.78 is 21.6. The second-order valence-corrected chi connectivity index (χ2v) is 10.4. The Morgan fingerprint density at radius 2 is 1.24 bits per heavy atom. The van der Waals surface area contributed by atoms with Crippen LogP contribution in [0.5, 0.6) is 0 Å². The number of fused-ring (bicyclic) bond motifs is 2. The molecule has 1 aliphatic rings. The maximum atomic E-state index is 13.3. The van der Waals surface area contributed by atoms with Gasteiger partial charge in [-0.25, -0.2) is 0 Å². The molecular weight excluding hydrogens is 578 g/mol. The van der Waals surface area contributed by atoms with Crippen LogP contribution in [0.25, 0.3) is 12.2 Å². The highest BCUT2D eigenvalue weighted by molar-refractivity contribution is 5.97. The molecule has 0 saturated heterocycles.